The van der Waals surface area contributed by atoms with Gasteiger partial charge in [0.25, 0.3) is 0 Å². The average molecular weight is 398 g/mol. The van der Waals surface area contributed by atoms with Crippen LogP contribution < -0.4 is 9.47 Å². The van der Waals surface area contributed by atoms with Crippen LogP contribution in [0.1, 0.15) is 11.1 Å². The van der Waals surface area contributed by atoms with Gasteiger partial charge in [0.2, 0.25) is 5.90 Å². The Labute approximate surface area is 156 Å². The standard InChI is InChI=1S/C18H11ClF3NO4/c1-25-14-8-9(6-12(19)15(14)26-18(21)22)7-13-17(24)27-16(23-13)10-2-4-11(20)5-3-10/h2-8,18H,1H3/b13-7-. The topological polar surface area (TPSA) is 57.1 Å². The van der Waals surface area contributed by atoms with Crippen molar-refractivity contribution in [3.63, 3.8) is 0 Å². The van der Waals surface area contributed by atoms with Crippen LogP contribution in [-0.4, -0.2) is 25.6 Å². The summed E-state index contributed by atoms with van der Waals surface area (Å²) in [5.41, 5.74) is 0.730. The van der Waals surface area contributed by atoms with E-state index in [1.54, 1.807) is 0 Å². The number of hydrogen-bond donors (Lipinski definition) is 0. The van der Waals surface area contributed by atoms with E-state index in [-0.39, 0.29) is 28.1 Å². The largest absolute Gasteiger partial charge is 0.493 e. The van der Waals surface area contributed by atoms with Gasteiger partial charge in [-0.2, -0.15) is 8.78 Å². The zero-order chi connectivity index (χ0) is 19.6. The predicted molar refractivity (Wildman–Crippen MR) is 91.6 cm³/mol. The Morgan fingerprint density at radius 1 is 1.22 bits per heavy atom. The fourth-order valence-corrected chi connectivity index (χ4v) is 2.57. The molecule has 0 aliphatic carbocycles. The molecule has 9 heteroatoms. The Kier molecular flexibility index (Phi) is 5.36. The maximum absolute atomic E-state index is 13.0. The third-order valence-electron chi connectivity index (χ3n) is 3.47. The first-order valence-corrected chi connectivity index (χ1v) is 7.86. The molecule has 0 bridgehead atoms. The van der Waals surface area contributed by atoms with Gasteiger partial charge in [-0.05, 0) is 48.0 Å². The molecule has 0 spiro atoms. The molecule has 0 fully saturated rings. The number of hydrogen-bond acceptors (Lipinski definition) is 5. The highest BCUT2D eigenvalue weighted by Gasteiger charge is 2.25. The predicted octanol–water partition coefficient (Wildman–Crippen LogP) is 4.43. The molecule has 2 aromatic rings. The third kappa shape index (κ3) is 4.22. The second-order valence-corrected chi connectivity index (χ2v) is 5.66. The van der Waals surface area contributed by atoms with Crippen LogP contribution in [0.5, 0.6) is 11.5 Å². The first-order chi connectivity index (χ1) is 12.9. The smallest absolute Gasteiger partial charge is 0.387 e. The number of carbonyl (C=O) groups is 1. The molecule has 0 radical (unpaired) electrons. The van der Waals surface area contributed by atoms with E-state index < -0.39 is 18.4 Å². The van der Waals surface area contributed by atoms with Gasteiger partial charge in [-0.15, -0.1) is 0 Å². The normalized spacial score (nSPS) is 15.1. The molecule has 2 aromatic carbocycles. The summed E-state index contributed by atoms with van der Waals surface area (Å²) in [6.45, 7) is -3.08. The quantitative estimate of drug-likeness (QED) is 0.553. The molecule has 0 amide bonds. The minimum atomic E-state index is -3.08. The number of methoxy groups -OCH3 is 1. The van der Waals surface area contributed by atoms with Crippen molar-refractivity contribution in [2.24, 2.45) is 4.99 Å². The van der Waals surface area contributed by atoms with Crippen LogP contribution in [0.4, 0.5) is 13.2 Å². The molecule has 27 heavy (non-hydrogen) atoms. The van der Waals surface area contributed by atoms with Crippen molar-refractivity contribution < 1.29 is 32.2 Å². The van der Waals surface area contributed by atoms with E-state index in [4.69, 9.17) is 21.1 Å². The third-order valence-corrected chi connectivity index (χ3v) is 3.75. The fraction of sp³-hybridized carbons (Fsp3) is 0.111. The van der Waals surface area contributed by atoms with Gasteiger partial charge >= 0.3 is 12.6 Å². The molecule has 1 heterocycles. The molecule has 0 atom stereocenters. The lowest BCUT2D eigenvalue weighted by atomic mass is 10.1. The summed E-state index contributed by atoms with van der Waals surface area (Å²) in [5.74, 6) is -1.50. The van der Waals surface area contributed by atoms with Gasteiger partial charge in [0, 0.05) is 5.56 Å². The summed E-state index contributed by atoms with van der Waals surface area (Å²) in [5, 5.41) is -0.129. The van der Waals surface area contributed by atoms with Crippen LogP contribution in [0.25, 0.3) is 6.08 Å². The maximum atomic E-state index is 13.0. The average Bonchev–Trinajstić information content (AvgIpc) is 2.98. The number of esters is 1. The van der Waals surface area contributed by atoms with E-state index in [1.165, 1.54) is 49.6 Å². The minimum Gasteiger partial charge on any atom is -0.493 e. The Balaban J connectivity index is 1.95. The Morgan fingerprint density at radius 3 is 2.56 bits per heavy atom. The maximum Gasteiger partial charge on any atom is 0.387 e. The van der Waals surface area contributed by atoms with Gasteiger partial charge in [-0.1, -0.05) is 11.6 Å². The molecule has 1 aliphatic rings. The molecule has 3 rings (SSSR count). The van der Waals surface area contributed by atoms with E-state index in [1.807, 2.05) is 0 Å². The van der Waals surface area contributed by atoms with Gasteiger partial charge < -0.3 is 14.2 Å². The highest BCUT2D eigenvalue weighted by molar-refractivity contribution is 6.32. The van der Waals surface area contributed by atoms with Crippen molar-refractivity contribution >= 4 is 29.5 Å². The zero-order valence-electron chi connectivity index (χ0n) is 13.7. The Hall–Kier alpha value is -3.00. The van der Waals surface area contributed by atoms with Crippen LogP contribution in [0.3, 0.4) is 0 Å². The summed E-state index contributed by atoms with van der Waals surface area (Å²) in [6, 6.07) is 7.92. The van der Waals surface area contributed by atoms with Gasteiger partial charge in [-0.3, -0.25) is 0 Å². The molecule has 0 saturated heterocycles. The molecule has 0 aromatic heterocycles. The zero-order valence-corrected chi connectivity index (χ0v) is 14.5. The van der Waals surface area contributed by atoms with Crippen LogP contribution in [0.2, 0.25) is 5.02 Å². The van der Waals surface area contributed by atoms with E-state index in [0.717, 1.165) is 0 Å². The van der Waals surface area contributed by atoms with E-state index in [9.17, 15) is 18.0 Å². The highest BCUT2D eigenvalue weighted by atomic mass is 35.5. The van der Waals surface area contributed by atoms with Gasteiger partial charge in [0.1, 0.15) is 5.82 Å². The molecule has 140 valence electrons. The van der Waals surface area contributed by atoms with Gasteiger partial charge in [0.05, 0.1) is 12.1 Å². The number of aliphatic imine (C=N–C) groups is 1. The van der Waals surface area contributed by atoms with Gasteiger partial charge in [-0.25, -0.2) is 14.2 Å². The van der Waals surface area contributed by atoms with Crippen LogP contribution in [-0.2, 0) is 9.53 Å². The molecule has 0 N–H and O–H groups in total. The minimum absolute atomic E-state index is 0.0157. The summed E-state index contributed by atoms with van der Waals surface area (Å²) in [7, 11) is 1.26. The number of rotatable bonds is 5. The van der Waals surface area contributed by atoms with Crippen molar-refractivity contribution in [3.8, 4) is 11.5 Å². The van der Waals surface area contributed by atoms with E-state index in [0.29, 0.717) is 11.1 Å². The lowest BCUT2D eigenvalue weighted by Gasteiger charge is -2.12. The van der Waals surface area contributed by atoms with E-state index in [2.05, 4.69) is 9.73 Å². The molecule has 1 aliphatic heterocycles. The van der Waals surface area contributed by atoms with Crippen LogP contribution in [0, 0.1) is 5.82 Å². The lowest BCUT2D eigenvalue weighted by molar-refractivity contribution is -0.129. The van der Waals surface area contributed by atoms with Gasteiger partial charge in [0.15, 0.2) is 17.2 Å². The summed E-state index contributed by atoms with van der Waals surface area (Å²) in [6.07, 6.45) is 1.35. The van der Waals surface area contributed by atoms with Crippen molar-refractivity contribution in [1.82, 2.24) is 0 Å². The number of carbonyl (C=O) groups excluding carboxylic acids is 1. The van der Waals surface area contributed by atoms with Crippen LogP contribution in [0.15, 0.2) is 47.1 Å². The number of halogens is 4. The summed E-state index contributed by atoms with van der Waals surface area (Å²) >= 11 is 5.96. The van der Waals surface area contributed by atoms with Crippen LogP contribution >= 0.6 is 11.6 Å². The molecule has 0 saturated carbocycles. The van der Waals surface area contributed by atoms with E-state index >= 15 is 0 Å². The molecular weight excluding hydrogens is 387 g/mol. The molecule has 0 unspecified atom stereocenters. The number of cyclic esters (lactones) is 1. The number of nitrogens with zero attached hydrogens (tertiary/aromatic N) is 1. The summed E-state index contributed by atoms with van der Waals surface area (Å²) in [4.78, 5) is 16.1. The highest BCUT2D eigenvalue weighted by Crippen LogP contribution is 2.38. The number of alkyl halides is 2. The van der Waals surface area contributed by atoms with Crippen molar-refractivity contribution in [3.05, 3.63) is 64.1 Å². The summed E-state index contributed by atoms with van der Waals surface area (Å²) < 4.78 is 52.3. The first-order valence-electron chi connectivity index (χ1n) is 7.48. The Bertz CT molecular complexity index is 942. The number of benzene rings is 2. The number of ether oxygens (including phenoxy) is 3. The monoisotopic (exact) mass is 397 g/mol. The molecule has 5 nitrogen and oxygen atoms in total. The second-order valence-electron chi connectivity index (χ2n) is 5.26. The Morgan fingerprint density at radius 2 is 1.93 bits per heavy atom. The van der Waals surface area contributed by atoms with Crippen molar-refractivity contribution in [1.29, 1.82) is 0 Å². The SMILES string of the molecule is COc1cc(/C=C2\N=C(c3ccc(F)cc3)OC2=O)cc(Cl)c1OC(F)F. The fourth-order valence-electron chi connectivity index (χ4n) is 2.31. The lowest BCUT2D eigenvalue weighted by Crippen LogP contribution is -2.05. The first kappa shape index (κ1) is 18.8. The molecular formula is C18H11ClF3NO4. The van der Waals surface area contributed by atoms with Crippen molar-refractivity contribution in [2.45, 2.75) is 6.61 Å². The second kappa shape index (κ2) is 7.71. The van der Waals surface area contributed by atoms with Crippen molar-refractivity contribution in [2.75, 3.05) is 7.11 Å².